The third-order valence-corrected chi connectivity index (χ3v) is 2.74. The monoisotopic (exact) mass is 223 g/mol. The first-order chi connectivity index (χ1) is 7.77. The van der Waals surface area contributed by atoms with E-state index in [0.717, 1.165) is 24.9 Å². The molecule has 0 heterocycles. The Hall–Kier alpha value is -0.890. The molecule has 0 saturated carbocycles. The Balaban J connectivity index is 2.66. The van der Waals surface area contributed by atoms with Crippen LogP contribution in [0.3, 0.4) is 0 Å². The highest BCUT2D eigenvalue weighted by molar-refractivity contribution is 5.20. The van der Waals surface area contributed by atoms with Crippen molar-refractivity contribution in [3.63, 3.8) is 0 Å². The zero-order chi connectivity index (χ0) is 11.8. The fraction of sp³-hybridized carbons (Fsp3) is 0.571. The third-order valence-electron chi connectivity index (χ3n) is 2.74. The minimum absolute atomic E-state index is 0.141. The van der Waals surface area contributed by atoms with E-state index in [-0.39, 0.29) is 5.82 Å². The number of rotatable bonds is 7. The summed E-state index contributed by atoms with van der Waals surface area (Å²) in [5.74, 6) is -0.141. The van der Waals surface area contributed by atoms with Gasteiger partial charge in [0.2, 0.25) is 0 Å². The van der Waals surface area contributed by atoms with Gasteiger partial charge in [0, 0.05) is 6.04 Å². The Kier molecular flexibility index (Phi) is 6.09. The Bertz CT molecular complexity index is 291. The van der Waals surface area contributed by atoms with Crippen LogP contribution in [0.1, 0.15) is 51.1 Å². The SMILES string of the molecule is CCCCC(NCCC)c1cccc(F)c1. The maximum atomic E-state index is 13.1. The average Bonchev–Trinajstić information content (AvgIpc) is 2.29. The van der Waals surface area contributed by atoms with Crippen LogP contribution in [-0.2, 0) is 0 Å². The number of nitrogens with one attached hydrogen (secondary N) is 1. The van der Waals surface area contributed by atoms with Crippen LogP contribution in [0, 0.1) is 5.82 Å². The maximum absolute atomic E-state index is 13.1. The molecule has 0 fully saturated rings. The van der Waals surface area contributed by atoms with E-state index in [0.29, 0.717) is 6.04 Å². The van der Waals surface area contributed by atoms with Crippen molar-refractivity contribution in [3.05, 3.63) is 35.6 Å². The molecule has 1 aromatic carbocycles. The van der Waals surface area contributed by atoms with Gasteiger partial charge in [-0.3, -0.25) is 0 Å². The first kappa shape index (κ1) is 13.2. The van der Waals surface area contributed by atoms with Crippen molar-refractivity contribution < 1.29 is 4.39 Å². The highest BCUT2D eigenvalue weighted by Gasteiger charge is 2.10. The quantitative estimate of drug-likeness (QED) is 0.735. The van der Waals surface area contributed by atoms with E-state index in [2.05, 4.69) is 19.2 Å². The lowest BCUT2D eigenvalue weighted by Gasteiger charge is -2.18. The van der Waals surface area contributed by atoms with Gasteiger partial charge in [-0.2, -0.15) is 0 Å². The first-order valence-electron chi connectivity index (χ1n) is 6.26. The Morgan fingerprint density at radius 1 is 1.25 bits per heavy atom. The van der Waals surface area contributed by atoms with E-state index in [1.54, 1.807) is 12.1 Å². The minimum atomic E-state index is -0.141. The molecule has 0 spiro atoms. The number of hydrogen-bond acceptors (Lipinski definition) is 1. The molecule has 0 bridgehead atoms. The highest BCUT2D eigenvalue weighted by atomic mass is 19.1. The second-order valence-corrected chi connectivity index (χ2v) is 4.20. The van der Waals surface area contributed by atoms with Gasteiger partial charge in [-0.15, -0.1) is 0 Å². The van der Waals surface area contributed by atoms with Crippen LogP contribution in [-0.4, -0.2) is 6.54 Å². The molecule has 0 aromatic heterocycles. The van der Waals surface area contributed by atoms with Gasteiger partial charge in [-0.1, -0.05) is 38.8 Å². The normalized spacial score (nSPS) is 12.7. The van der Waals surface area contributed by atoms with Crippen LogP contribution >= 0.6 is 0 Å². The fourth-order valence-electron chi connectivity index (χ4n) is 1.84. The zero-order valence-corrected chi connectivity index (χ0v) is 10.3. The number of benzene rings is 1. The van der Waals surface area contributed by atoms with E-state index < -0.39 is 0 Å². The van der Waals surface area contributed by atoms with Crippen molar-refractivity contribution in [1.29, 1.82) is 0 Å². The molecule has 16 heavy (non-hydrogen) atoms. The van der Waals surface area contributed by atoms with E-state index in [9.17, 15) is 4.39 Å². The summed E-state index contributed by atoms with van der Waals surface area (Å²) < 4.78 is 13.1. The van der Waals surface area contributed by atoms with E-state index in [4.69, 9.17) is 0 Å². The fourth-order valence-corrected chi connectivity index (χ4v) is 1.84. The Labute approximate surface area is 98.1 Å². The van der Waals surface area contributed by atoms with Crippen LogP contribution in [0.25, 0.3) is 0 Å². The van der Waals surface area contributed by atoms with Gasteiger partial charge in [0.1, 0.15) is 5.82 Å². The molecule has 0 amide bonds. The molecule has 1 nitrogen and oxygen atoms in total. The molecule has 90 valence electrons. The smallest absolute Gasteiger partial charge is 0.123 e. The molecule has 1 unspecified atom stereocenters. The summed E-state index contributed by atoms with van der Waals surface area (Å²) >= 11 is 0. The summed E-state index contributed by atoms with van der Waals surface area (Å²) in [4.78, 5) is 0. The lowest BCUT2D eigenvalue weighted by molar-refractivity contribution is 0.478. The molecular weight excluding hydrogens is 201 g/mol. The molecule has 2 heteroatoms. The molecular formula is C14H22FN. The molecule has 1 N–H and O–H groups in total. The highest BCUT2D eigenvalue weighted by Crippen LogP contribution is 2.20. The summed E-state index contributed by atoms with van der Waals surface area (Å²) in [7, 11) is 0. The van der Waals surface area contributed by atoms with Crippen molar-refractivity contribution in [1.82, 2.24) is 5.32 Å². The Morgan fingerprint density at radius 3 is 2.69 bits per heavy atom. The second-order valence-electron chi connectivity index (χ2n) is 4.20. The van der Waals surface area contributed by atoms with Crippen LogP contribution in [0.5, 0.6) is 0 Å². The first-order valence-corrected chi connectivity index (χ1v) is 6.26. The van der Waals surface area contributed by atoms with Gasteiger partial charge in [-0.25, -0.2) is 4.39 Å². The number of hydrogen-bond donors (Lipinski definition) is 1. The number of unbranched alkanes of at least 4 members (excludes halogenated alkanes) is 1. The lowest BCUT2D eigenvalue weighted by atomic mass is 10.0. The predicted molar refractivity (Wildman–Crippen MR) is 67.0 cm³/mol. The van der Waals surface area contributed by atoms with Gasteiger partial charge in [-0.05, 0) is 37.1 Å². The van der Waals surface area contributed by atoms with Gasteiger partial charge in [0.25, 0.3) is 0 Å². The van der Waals surface area contributed by atoms with E-state index in [1.807, 2.05) is 6.07 Å². The summed E-state index contributed by atoms with van der Waals surface area (Å²) in [5, 5.41) is 3.48. The van der Waals surface area contributed by atoms with E-state index in [1.165, 1.54) is 18.9 Å². The van der Waals surface area contributed by atoms with E-state index >= 15 is 0 Å². The lowest BCUT2D eigenvalue weighted by Crippen LogP contribution is -2.22. The topological polar surface area (TPSA) is 12.0 Å². The second kappa shape index (κ2) is 7.39. The van der Waals surface area contributed by atoms with Crippen LogP contribution in [0.2, 0.25) is 0 Å². The van der Waals surface area contributed by atoms with Crippen molar-refractivity contribution in [3.8, 4) is 0 Å². The molecule has 1 aromatic rings. The van der Waals surface area contributed by atoms with Crippen molar-refractivity contribution in [2.24, 2.45) is 0 Å². The summed E-state index contributed by atoms with van der Waals surface area (Å²) in [6.45, 7) is 5.32. The summed E-state index contributed by atoms with van der Waals surface area (Å²) in [6.07, 6.45) is 4.55. The summed E-state index contributed by atoms with van der Waals surface area (Å²) in [5.41, 5.74) is 1.07. The van der Waals surface area contributed by atoms with Gasteiger partial charge in [0.05, 0.1) is 0 Å². The molecule has 0 aliphatic heterocycles. The van der Waals surface area contributed by atoms with Crippen molar-refractivity contribution >= 4 is 0 Å². The largest absolute Gasteiger partial charge is 0.310 e. The molecule has 0 radical (unpaired) electrons. The number of halogens is 1. The van der Waals surface area contributed by atoms with Gasteiger partial charge < -0.3 is 5.32 Å². The standard InChI is InChI=1S/C14H22FN/c1-3-5-9-14(16-10-4-2)12-7-6-8-13(15)11-12/h6-8,11,14,16H,3-5,9-10H2,1-2H3. The van der Waals surface area contributed by atoms with Crippen LogP contribution in [0.4, 0.5) is 4.39 Å². The Morgan fingerprint density at radius 2 is 2.06 bits per heavy atom. The minimum Gasteiger partial charge on any atom is -0.310 e. The van der Waals surface area contributed by atoms with Gasteiger partial charge in [0.15, 0.2) is 0 Å². The predicted octanol–water partition coefficient (Wildman–Crippen LogP) is 4.06. The van der Waals surface area contributed by atoms with Crippen LogP contribution < -0.4 is 5.32 Å². The van der Waals surface area contributed by atoms with Gasteiger partial charge >= 0.3 is 0 Å². The van der Waals surface area contributed by atoms with Crippen molar-refractivity contribution in [2.45, 2.75) is 45.6 Å². The molecule has 1 atom stereocenters. The summed E-state index contributed by atoms with van der Waals surface area (Å²) in [6, 6.07) is 7.24. The third kappa shape index (κ3) is 4.31. The molecule has 0 aliphatic carbocycles. The molecule has 0 saturated heterocycles. The molecule has 1 rings (SSSR count). The zero-order valence-electron chi connectivity index (χ0n) is 10.3. The van der Waals surface area contributed by atoms with Crippen LogP contribution in [0.15, 0.2) is 24.3 Å². The maximum Gasteiger partial charge on any atom is 0.123 e. The average molecular weight is 223 g/mol. The molecule has 0 aliphatic rings. The van der Waals surface area contributed by atoms with Crippen molar-refractivity contribution in [2.75, 3.05) is 6.54 Å².